The molecule has 0 atom stereocenters. The number of halogens is 3. The topological polar surface area (TPSA) is 78.0 Å². The number of primary sulfonamides is 1. The molecule has 9 heteroatoms. The fourth-order valence-electron chi connectivity index (χ4n) is 2.22. The zero-order valence-electron chi connectivity index (χ0n) is 13.7. The Morgan fingerprint density at radius 1 is 1.27 bits per heavy atom. The monoisotopic (exact) mass is 383 g/mol. The van der Waals surface area contributed by atoms with Gasteiger partial charge in [0.25, 0.3) is 0 Å². The van der Waals surface area contributed by atoms with E-state index in [2.05, 4.69) is 11.6 Å². The third-order valence-electron chi connectivity index (χ3n) is 3.34. The largest absolute Gasteiger partial charge is 0.434 e. The van der Waals surface area contributed by atoms with Crippen molar-refractivity contribution >= 4 is 15.6 Å². The van der Waals surface area contributed by atoms with Crippen LogP contribution in [0.1, 0.15) is 18.4 Å². The van der Waals surface area contributed by atoms with E-state index < -0.39 is 21.9 Å². The lowest BCUT2D eigenvalue weighted by atomic mass is 10.2. The number of benzene rings is 1. The van der Waals surface area contributed by atoms with Crippen molar-refractivity contribution < 1.29 is 21.6 Å². The van der Waals surface area contributed by atoms with Gasteiger partial charge in [-0.3, -0.25) is 4.57 Å². The molecule has 0 aliphatic heterocycles. The Labute approximate surface area is 149 Å². The number of alkyl halides is 3. The lowest BCUT2D eigenvalue weighted by Crippen LogP contribution is -2.12. The van der Waals surface area contributed by atoms with Crippen molar-refractivity contribution in [3.05, 3.63) is 72.9 Å². The van der Waals surface area contributed by atoms with Gasteiger partial charge in [0.05, 0.1) is 4.90 Å². The fraction of sp³-hybridized carbons (Fsp3) is 0.118. The van der Waals surface area contributed by atoms with Crippen molar-refractivity contribution in [2.24, 2.45) is 5.14 Å². The van der Waals surface area contributed by atoms with Crippen LogP contribution in [0, 0.1) is 0 Å². The molecule has 138 valence electrons. The highest BCUT2D eigenvalue weighted by Crippen LogP contribution is 2.31. The van der Waals surface area contributed by atoms with Gasteiger partial charge in [0.1, 0.15) is 5.82 Å². The predicted molar refractivity (Wildman–Crippen MR) is 92.9 cm³/mol. The molecule has 1 heterocycles. The molecule has 0 bridgehead atoms. The van der Waals surface area contributed by atoms with Gasteiger partial charge in [0.2, 0.25) is 10.0 Å². The summed E-state index contributed by atoms with van der Waals surface area (Å²) < 4.78 is 63.3. The second kappa shape index (κ2) is 7.30. The zero-order chi connectivity index (χ0) is 19.5. The van der Waals surface area contributed by atoms with Crippen LogP contribution in [0.4, 0.5) is 13.2 Å². The second-order valence-corrected chi connectivity index (χ2v) is 6.78. The maximum Gasteiger partial charge on any atom is 0.434 e. The zero-order valence-corrected chi connectivity index (χ0v) is 14.6. The summed E-state index contributed by atoms with van der Waals surface area (Å²) in [5, 5.41) is 5.04. The van der Waals surface area contributed by atoms with E-state index in [0.29, 0.717) is 11.3 Å². The van der Waals surface area contributed by atoms with E-state index in [-0.39, 0.29) is 10.7 Å². The number of nitrogens with zero attached hydrogens (tertiary/aromatic N) is 2. The van der Waals surface area contributed by atoms with Crippen LogP contribution in [0.15, 0.2) is 66.2 Å². The van der Waals surface area contributed by atoms with Crippen molar-refractivity contribution in [2.45, 2.75) is 18.0 Å². The van der Waals surface area contributed by atoms with E-state index in [0.717, 1.165) is 6.20 Å². The fourth-order valence-corrected chi connectivity index (χ4v) is 2.74. The predicted octanol–water partition coefficient (Wildman–Crippen LogP) is 3.68. The minimum Gasteiger partial charge on any atom is -0.299 e. The number of imidazole rings is 1. The lowest BCUT2D eigenvalue weighted by molar-refractivity contribution is -0.140. The summed E-state index contributed by atoms with van der Waals surface area (Å²) in [6.07, 6.45) is 2.44. The van der Waals surface area contributed by atoms with Crippen LogP contribution in [0.25, 0.3) is 11.3 Å². The number of nitrogens with two attached hydrogens (primary N) is 1. The summed E-state index contributed by atoms with van der Waals surface area (Å²) in [4.78, 5) is 3.55. The molecule has 1 aromatic carbocycles. The van der Waals surface area contributed by atoms with Crippen molar-refractivity contribution in [1.82, 2.24) is 9.55 Å². The quantitative estimate of drug-likeness (QED) is 0.800. The maximum absolute atomic E-state index is 13.1. The van der Waals surface area contributed by atoms with Crippen LogP contribution in [0.2, 0.25) is 0 Å². The number of hydrogen-bond donors (Lipinski definition) is 1. The number of allylic oxidation sites excluding steroid dienone is 5. The normalized spacial score (nSPS) is 13.3. The summed E-state index contributed by atoms with van der Waals surface area (Å²) in [6, 6.07) is 5.14. The minimum absolute atomic E-state index is 0.0404. The molecule has 2 N–H and O–H groups in total. The van der Waals surface area contributed by atoms with Gasteiger partial charge in [-0.05, 0) is 31.2 Å². The van der Waals surface area contributed by atoms with Gasteiger partial charge in [-0.1, -0.05) is 30.9 Å². The minimum atomic E-state index is -4.63. The first-order valence-corrected chi connectivity index (χ1v) is 8.88. The first-order chi connectivity index (χ1) is 12.1. The van der Waals surface area contributed by atoms with E-state index in [1.54, 1.807) is 19.1 Å². The van der Waals surface area contributed by atoms with Gasteiger partial charge in [-0.2, -0.15) is 13.2 Å². The van der Waals surface area contributed by atoms with Gasteiger partial charge in [-0.15, -0.1) is 0 Å². The SMILES string of the molecule is C=C/C=C(\C=C/C)c1nc(C(F)(F)F)cn1-c1ccc(S(N)(=O)=O)cc1. The average molecular weight is 383 g/mol. The van der Waals surface area contributed by atoms with Crippen molar-refractivity contribution in [3.63, 3.8) is 0 Å². The van der Waals surface area contributed by atoms with E-state index in [4.69, 9.17) is 5.14 Å². The lowest BCUT2D eigenvalue weighted by Gasteiger charge is -2.09. The summed E-state index contributed by atoms with van der Waals surface area (Å²) in [6.45, 7) is 5.27. The van der Waals surface area contributed by atoms with Crippen LogP contribution in [0.5, 0.6) is 0 Å². The smallest absolute Gasteiger partial charge is 0.299 e. The number of rotatable bonds is 5. The molecule has 5 nitrogen and oxygen atoms in total. The average Bonchev–Trinajstić information content (AvgIpc) is 2.99. The van der Waals surface area contributed by atoms with Gasteiger partial charge in [0.15, 0.2) is 5.69 Å². The van der Waals surface area contributed by atoms with Crippen molar-refractivity contribution in [1.29, 1.82) is 0 Å². The summed E-state index contributed by atoms with van der Waals surface area (Å²) in [5.41, 5.74) is -0.356. The van der Waals surface area contributed by atoms with E-state index in [1.807, 2.05) is 0 Å². The molecular weight excluding hydrogens is 367 g/mol. The van der Waals surface area contributed by atoms with Crippen LogP contribution >= 0.6 is 0 Å². The Morgan fingerprint density at radius 3 is 2.35 bits per heavy atom. The van der Waals surface area contributed by atoms with Crippen LogP contribution in [0.3, 0.4) is 0 Å². The molecule has 2 aromatic rings. The van der Waals surface area contributed by atoms with E-state index >= 15 is 0 Å². The molecule has 2 rings (SSSR count). The van der Waals surface area contributed by atoms with Crippen LogP contribution in [-0.4, -0.2) is 18.0 Å². The van der Waals surface area contributed by atoms with Gasteiger partial charge in [0, 0.05) is 17.5 Å². The highest BCUT2D eigenvalue weighted by Gasteiger charge is 2.35. The van der Waals surface area contributed by atoms with Gasteiger partial charge < -0.3 is 0 Å². The summed E-state index contributed by atoms with van der Waals surface area (Å²) in [5.74, 6) is 0.0404. The molecule has 0 saturated carbocycles. The molecule has 0 spiro atoms. The van der Waals surface area contributed by atoms with Gasteiger partial charge >= 0.3 is 6.18 Å². The molecule has 0 aliphatic rings. The Balaban J connectivity index is 2.68. The molecule has 0 fully saturated rings. The maximum atomic E-state index is 13.1. The standard InChI is InChI=1S/C17H16F3N3O2S/c1-3-5-12(6-4-2)16-22-15(17(18,19)20)11-23(16)13-7-9-14(10-8-13)26(21,24)25/h3-11H,1H2,2H3,(H2,21,24,25)/b6-4-,12-5+. The first kappa shape index (κ1) is 19.7. The summed E-state index contributed by atoms with van der Waals surface area (Å²) in [7, 11) is -3.90. The molecule has 0 unspecified atom stereocenters. The van der Waals surface area contributed by atoms with Crippen LogP contribution < -0.4 is 5.14 Å². The highest BCUT2D eigenvalue weighted by molar-refractivity contribution is 7.89. The molecular formula is C17H16F3N3O2S. The number of sulfonamides is 1. The number of aromatic nitrogens is 2. The van der Waals surface area contributed by atoms with Crippen molar-refractivity contribution in [3.8, 4) is 5.69 Å². The molecule has 0 saturated heterocycles. The Kier molecular flexibility index (Phi) is 5.53. The molecule has 0 radical (unpaired) electrons. The van der Waals surface area contributed by atoms with E-state index in [9.17, 15) is 21.6 Å². The molecule has 0 aliphatic carbocycles. The summed E-state index contributed by atoms with van der Waals surface area (Å²) >= 11 is 0. The highest BCUT2D eigenvalue weighted by atomic mass is 32.2. The molecule has 0 amide bonds. The van der Waals surface area contributed by atoms with E-state index in [1.165, 1.54) is 41.0 Å². The second-order valence-electron chi connectivity index (χ2n) is 5.21. The third kappa shape index (κ3) is 4.30. The van der Waals surface area contributed by atoms with Crippen LogP contribution in [-0.2, 0) is 16.2 Å². The third-order valence-corrected chi connectivity index (χ3v) is 4.27. The Hall–Kier alpha value is -2.65. The van der Waals surface area contributed by atoms with Crippen molar-refractivity contribution in [2.75, 3.05) is 0 Å². The van der Waals surface area contributed by atoms with Gasteiger partial charge in [-0.25, -0.2) is 18.5 Å². The Morgan fingerprint density at radius 2 is 1.88 bits per heavy atom. The number of hydrogen-bond acceptors (Lipinski definition) is 3. The molecule has 1 aromatic heterocycles. The first-order valence-electron chi connectivity index (χ1n) is 7.33. The Bertz CT molecular complexity index is 970. The molecule has 26 heavy (non-hydrogen) atoms.